The van der Waals surface area contributed by atoms with Gasteiger partial charge in [0.25, 0.3) is 0 Å². The topological polar surface area (TPSA) is 75.7 Å². The molecule has 1 rings (SSSR count). The first-order valence-electron chi connectivity index (χ1n) is 5.98. The fraction of sp³-hybridized carbons (Fsp3) is 0.538. The van der Waals surface area contributed by atoms with Gasteiger partial charge in [0.15, 0.2) is 0 Å². The number of nitrogens with two attached hydrogens (primary N) is 1. The number of aliphatic hydroxyl groups excluding tert-OH is 2. The molecule has 0 aliphatic rings. The van der Waals surface area contributed by atoms with Gasteiger partial charge < -0.3 is 20.7 Å². The Bertz CT molecular complexity index is 330. The highest BCUT2D eigenvalue weighted by Gasteiger charge is 2.17. The van der Waals surface area contributed by atoms with Gasteiger partial charge in [-0.25, -0.2) is 0 Å². The lowest BCUT2D eigenvalue weighted by atomic mass is 10.0. The molecule has 2 atom stereocenters. The quantitative estimate of drug-likeness (QED) is 0.668. The fourth-order valence-electron chi connectivity index (χ4n) is 1.56. The highest BCUT2D eigenvalue weighted by atomic mass is 16.5. The van der Waals surface area contributed by atoms with Gasteiger partial charge in [-0.3, -0.25) is 0 Å². The van der Waals surface area contributed by atoms with Crippen LogP contribution in [0.1, 0.15) is 31.4 Å². The second-order valence-corrected chi connectivity index (χ2v) is 4.01. The van der Waals surface area contributed by atoms with E-state index in [2.05, 4.69) is 0 Å². The normalized spacial score (nSPS) is 14.4. The third-order valence-electron chi connectivity index (χ3n) is 2.50. The van der Waals surface area contributed by atoms with E-state index < -0.39 is 12.2 Å². The Morgan fingerprint density at radius 2 is 2.12 bits per heavy atom. The number of benzene rings is 1. The number of hydrogen-bond donors (Lipinski definition) is 3. The molecule has 2 unspecified atom stereocenters. The van der Waals surface area contributed by atoms with Crippen molar-refractivity contribution in [3.8, 4) is 5.75 Å². The van der Waals surface area contributed by atoms with E-state index in [9.17, 15) is 10.2 Å². The van der Waals surface area contributed by atoms with Gasteiger partial charge >= 0.3 is 0 Å². The Labute approximate surface area is 102 Å². The van der Waals surface area contributed by atoms with E-state index in [0.29, 0.717) is 30.9 Å². The van der Waals surface area contributed by atoms with Gasteiger partial charge in [0.05, 0.1) is 12.7 Å². The molecule has 0 saturated heterocycles. The molecule has 0 bridgehead atoms. The van der Waals surface area contributed by atoms with Crippen LogP contribution in [0.5, 0.6) is 5.75 Å². The van der Waals surface area contributed by atoms with Crippen molar-refractivity contribution in [3.05, 3.63) is 29.8 Å². The summed E-state index contributed by atoms with van der Waals surface area (Å²) in [5.41, 5.74) is 6.00. The van der Waals surface area contributed by atoms with Gasteiger partial charge in [0.1, 0.15) is 11.9 Å². The zero-order chi connectivity index (χ0) is 12.7. The van der Waals surface area contributed by atoms with Crippen LogP contribution in [0.2, 0.25) is 0 Å². The van der Waals surface area contributed by atoms with Gasteiger partial charge in [0, 0.05) is 0 Å². The second kappa shape index (κ2) is 7.27. The number of hydrogen-bond acceptors (Lipinski definition) is 4. The monoisotopic (exact) mass is 239 g/mol. The van der Waals surface area contributed by atoms with Crippen LogP contribution in [0.25, 0.3) is 0 Å². The summed E-state index contributed by atoms with van der Waals surface area (Å²) in [6.45, 7) is 3.03. The van der Waals surface area contributed by atoms with Gasteiger partial charge in [-0.1, -0.05) is 19.1 Å². The predicted octanol–water partition coefficient (Wildman–Crippen LogP) is 1.22. The minimum atomic E-state index is -0.913. The number of aliphatic hydroxyl groups is 2. The van der Waals surface area contributed by atoms with Crippen molar-refractivity contribution in [2.24, 2.45) is 5.73 Å². The Hall–Kier alpha value is -1.10. The third kappa shape index (κ3) is 4.34. The molecule has 4 heteroatoms. The molecule has 0 aliphatic heterocycles. The predicted molar refractivity (Wildman–Crippen MR) is 66.9 cm³/mol. The summed E-state index contributed by atoms with van der Waals surface area (Å²) >= 11 is 0. The summed E-state index contributed by atoms with van der Waals surface area (Å²) in [5.74, 6) is 0.711. The second-order valence-electron chi connectivity index (χ2n) is 4.01. The molecular weight excluding hydrogens is 218 g/mol. The summed E-state index contributed by atoms with van der Waals surface area (Å²) in [4.78, 5) is 0. The lowest BCUT2D eigenvalue weighted by Crippen LogP contribution is -2.21. The van der Waals surface area contributed by atoms with Crippen LogP contribution >= 0.6 is 0 Å². The molecule has 96 valence electrons. The van der Waals surface area contributed by atoms with E-state index in [-0.39, 0.29) is 0 Å². The molecule has 1 aromatic rings. The molecular formula is C13H21NO3. The van der Waals surface area contributed by atoms with Gasteiger partial charge in [-0.15, -0.1) is 0 Å². The molecule has 0 aromatic heterocycles. The molecule has 0 amide bonds. The van der Waals surface area contributed by atoms with Crippen molar-refractivity contribution >= 4 is 0 Å². The molecule has 0 saturated carbocycles. The van der Waals surface area contributed by atoms with Crippen LogP contribution in [0.3, 0.4) is 0 Å². The lowest BCUT2D eigenvalue weighted by Gasteiger charge is -2.18. The van der Waals surface area contributed by atoms with E-state index in [0.717, 1.165) is 6.42 Å². The van der Waals surface area contributed by atoms with Crippen molar-refractivity contribution in [2.75, 3.05) is 13.2 Å². The van der Waals surface area contributed by atoms with Crippen LogP contribution in [0.4, 0.5) is 0 Å². The SMILES string of the molecule is CCCOc1cccc(C(O)C(O)CCN)c1. The van der Waals surface area contributed by atoms with E-state index in [1.165, 1.54) is 0 Å². The Balaban J connectivity index is 2.69. The molecule has 0 aliphatic carbocycles. The van der Waals surface area contributed by atoms with E-state index >= 15 is 0 Å². The summed E-state index contributed by atoms with van der Waals surface area (Å²) in [5, 5.41) is 19.6. The average molecular weight is 239 g/mol. The minimum absolute atomic E-state index is 0.351. The first-order chi connectivity index (χ1) is 8.19. The zero-order valence-corrected chi connectivity index (χ0v) is 10.2. The van der Waals surface area contributed by atoms with Crippen LogP contribution in [0, 0.1) is 0 Å². The van der Waals surface area contributed by atoms with Crippen LogP contribution in [0.15, 0.2) is 24.3 Å². The van der Waals surface area contributed by atoms with Gasteiger partial charge in [0.2, 0.25) is 0 Å². The first kappa shape index (κ1) is 14.0. The molecule has 0 spiro atoms. The maximum absolute atomic E-state index is 9.91. The largest absolute Gasteiger partial charge is 0.494 e. The van der Waals surface area contributed by atoms with Gasteiger partial charge in [-0.2, -0.15) is 0 Å². The maximum atomic E-state index is 9.91. The van der Waals surface area contributed by atoms with E-state index in [1.807, 2.05) is 13.0 Å². The molecule has 0 heterocycles. The summed E-state index contributed by atoms with van der Waals surface area (Å²) in [6, 6.07) is 7.16. The van der Waals surface area contributed by atoms with Crippen molar-refractivity contribution in [1.29, 1.82) is 0 Å². The first-order valence-corrected chi connectivity index (χ1v) is 5.98. The van der Waals surface area contributed by atoms with Crippen LogP contribution < -0.4 is 10.5 Å². The average Bonchev–Trinajstić information content (AvgIpc) is 2.36. The Kier molecular flexibility index (Phi) is 5.97. The van der Waals surface area contributed by atoms with Crippen molar-refractivity contribution in [2.45, 2.75) is 32.0 Å². The minimum Gasteiger partial charge on any atom is -0.494 e. The molecule has 4 nitrogen and oxygen atoms in total. The molecule has 17 heavy (non-hydrogen) atoms. The van der Waals surface area contributed by atoms with Crippen LogP contribution in [-0.2, 0) is 0 Å². The van der Waals surface area contributed by atoms with Gasteiger partial charge in [-0.05, 0) is 37.1 Å². The highest BCUT2D eigenvalue weighted by molar-refractivity contribution is 5.30. The van der Waals surface area contributed by atoms with Crippen molar-refractivity contribution in [3.63, 3.8) is 0 Å². The lowest BCUT2D eigenvalue weighted by molar-refractivity contribution is 0.0149. The third-order valence-corrected chi connectivity index (χ3v) is 2.50. The van der Waals surface area contributed by atoms with Crippen LogP contribution in [-0.4, -0.2) is 29.5 Å². The maximum Gasteiger partial charge on any atom is 0.119 e. The smallest absolute Gasteiger partial charge is 0.119 e. The fourth-order valence-corrected chi connectivity index (χ4v) is 1.56. The number of rotatable bonds is 7. The molecule has 1 aromatic carbocycles. The summed E-state index contributed by atoms with van der Waals surface area (Å²) in [7, 11) is 0. The summed E-state index contributed by atoms with van der Waals surface area (Å²) in [6.07, 6.45) is -0.436. The molecule has 0 fully saturated rings. The number of ether oxygens (including phenoxy) is 1. The van der Waals surface area contributed by atoms with Crippen molar-refractivity contribution in [1.82, 2.24) is 0 Å². The van der Waals surface area contributed by atoms with Crippen molar-refractivity contribution < 1.29 is 14.9 Å². The molecule has 0 radical (unpaired) electrons. The molecule has 4 N–H and O–H groups in total. The Morgan fingerprint density at radius 1 is 1.35 bits per heavy atom. The Morgan fingerprint density at radius 3 is 2.76 bits per heavy atom. The summed E-state index contributed by atoms with van der Waals surface area (Å²) < 4.78 is 5.47. The van der Waals surface area contributed by atoms with E-state index in [4.69, 9.17) is 10.5 Å². The zero-order valence-electron chi connectivity index (χ0n) is 10.2. The highest BCUT2D eigenvalue weighted by Crippen LogP contribution is 2.23. The standard InChI is InChI=1S/C13H21NO3/c1-2-8-17-11-5-3-4-10(9-11)13(16)12(15)6-7-14/h3-5,9,12-13,15-16H,2,6-8,14H2,1H3. The van der Waals surface area contributed by atoms with E-state index in [1.54, 1.807) is 18.2 Å².